The molecule has 1 rings (SSSR count). The van der Waals surface area contributed by atoms with Gasteiger partial charge in [0.2, 0.25) is 59.1 Å². The van der Waals surface area contributed by atoms with Crippen molar-refractivity contribution >= 4 is 76.7 Å². The third kappa shape index (κ3) is 24.8. The van der Waals surface area contributed by atoms with Gasteiger partial charge in [-0.1, -0.05) is 102 Å². The van der Waals surface area contributed by atoms with Gasteiger partial charge >= 0.3 is 0 Å². The third-order valence-corrected chi connectivity index (χ3v) is 19.8. The van der Waals surface area contributed by atoms with Crippen LogP contribution in [-0.2, 0) is 57.5 Å². The van der Waals surface area contributed by atoms with Crippen LogP contribution in [0.1, 0.15) is 177 Å². The van der Waals surface area contributed by atoms with E-state index in [1.807, 2.05) is 75.3 Å². The Hall–Kier alpha value is -5.86. The van der Waals surface area contributed by atoms with E-state index in [-0.39, 0.29) is 55.9 Å². The summed E-state index contributed by atoms with van der Waals surface area (Å²) in [5, 5.41) is 22.2. The number of allylic oxidation sites excluding steroid dienone is 2. The minimum Gasteiger partial charge on any atom is -0.390 e. The Labute approximate surface area is 580 Å². The number of aliphatic hydroxyl groups excluding tert-OH is 1. The number of hydrogen-bond donors (Lipinski definition) is 5. The Kier molecular flexibility index (Phi) is 37.0. The van der Waals surface area contributed by atoms with Crippen molar-refractivity contribution in [2.45, 2.75) is 261 Å². The van der Waals surface area contributed by atoms with Crippen LogP contribution in [-0.4, -0.2) is 268 Å². The lowest BCUT2D eigenvalue weighted by Gasteiger charge is -2.41. The second-order valence-electron chi connectivity index (χ2n) is 29.3. The van der Waals surface area contributed by atoms with E-state index in [9.17, 15) is 24.3 Å². The normalized spacial score (nSPS) is 26.2. The van der Waals surface area contributed by atoms with Crippen LogP contribution in [0.15, 0.2) is 12.2 Å². The first-order chi connectivity index (χ1) is 44.3. The van der Waals surface area contributed by atoms with Crippen molar-refractivity contribution in [3.05, 3.63) is 12.2 Å². The smallest absolute Gasteiger partial charge is 0.256 e. The molecule has 0 saturated carbocycles. The van der Waals surface area contributed by atoms with Crippen molar-refractivity contribution < 1.29 is 62.6 Å². The molecule has 26 heteroatoms. The molecule has 0 aromatic heterocycles. The molecule has 0 unspecified atom stereocenters. The average Bonchev–Trinajstić information content (AvgIpc) is 0.813. The van der Waals surface area contributed by atoms with E-state index in [4.69, 9.17) is 4.74 Å². The number of ether oxygens (including phenoxy) is 1. The van der Waals surface area contributed by atoms with Crippen LogP contribution in [0.4, 0.5) is 0 Å². The molecule has 5 N–H and O–H groups in total. The Balaban J connectivity index is 4.64. The summed E-state index contributed by atoms with van der Waals surface area (Å²) in [6, 6.07) is -12.7. The lowest BCUT2D eigenvalue weighted by atomic mass is 9.91. The second kappa shape index (κ2) is 40.3. The molecule has 13 atom stereocenters. The van der Waals surface area contributed by atoms with Gasteiger partial charge in [0.1, 0.15) is 60.4 Å². The molecule has 1 aliphatic rings. The van der Waals surface area contributed by atoms with Crippen LogP contribution < -0.4 is 21.3 Å². The van der Waals surface area contributed by atoms with Crippen LogP contribution in [0, 0.1) is 35.5 Å². The van der Waals surface area contributed by atoms with E-state index in [1.165, 1.54) is 99.7 Å². The van der Waals surface area contributed by atoms with E-state index < -0.39 is 160 Å². The van der Waals surface area contributed by atoms with Crippen LogP contribution >= 0.6 is 11.8 Å². The van der Waals surface area contributed by atoms with E-state index >= 15 is 33.6 Å². The average molecular weight is 1380 g/mol. The highest BCUT2D eigenvalue weighted by molar-refractivity contribution is 8.00. The zero-order valence-corrected chi connectivity index (χ0v) is 64.6. The number of methoxy groups -OCH3 is 1. The molecule has 1 aliphatic heterocycles. The van der Waals surface area contributed by atoms with Crippen molar-refractivity contribution in [2.24, 2.45) is 35.5 Å². The number of aliphatic hydroxyl groups is 1. The van der Waals surface area contributed by atoms with Crippen molar-refractivity contribution in [3.8, 4) is 0 Å². The first-order valence-electron chi connectivity index (χ1n) is 34.6. The SMILES string of the molecule is CC=CC[C@@H](C)[C@@H](O)[C@H]1C(=O)N[C@@H](CC)C(=O)N(C)[C@H](SCCN(CC)C(C)C)C(=O)N(C)[C@@H](CC(C)(C)OC)C(=O)N[C@@H](C(C)C)C(=O)N(C)[C@@H](CC(C)C)C(=O)N[C@@H](C)C(=O)N[C@H](C)C(=O)N(C)[C@@H](CC(C)C)C(=O)N(C)[C@@H](CC(C)C)C(=O)N(C)[C@@H](C(C)C)C(=O)N1C. The van der Waals surface area contributed by atoms with E-state index in [0.717, 1.165) is 16.7 Å². The Morgan fingerprint density at radius 2 is 0.990 bits per heavy atom. The molecule has 1 saturated heterocycles. The number of carbonyl (C=O) groups excluding carboxylic acids is 11. The molecule has 0 radical (unpaired) electrons. The quantitative estimate of drug-likeness (QED) is 0.0908. The van der Waals surface area contributed by atoms with Crippen molar-refractivity contribution in [1.29, 1.82) is 0 Å². The maximum Gasteiger partial charge on any atom is 0.256 e. The molecule has 96 heavy (non-hydrogen) atoms. The van der Waals surface area contributed by atoms with Gasteiger partial charge < -0.3 is 70.3 Å². The highest BCUT2D eigenvalue weighted by Gasteiger charge is 2.47. The van der Waals surface area contributed by atoms with Crippen molar-refractivity contribution in [3.63, 3.8) is 0 Å². The summed E-state index contributed by atoms with van der Waals surface area (Å²) in [5.41, 5.74) is -1.05. The molecule has 0 bridgehead atoms. The lowest BCUT2D eigenvalue weighted by molar-refractivity contribution is -0.157. The molecule has 1 fully saturated rings. The van der Waals surface area contributed by atoms with Gasteiger partial charge in [0.15, 0.2) is 5.37 Å². The molecule has 0 spiro atoms. The first-order valence-corrected chi connectivity index (χ1v) is 35.7. The van der Waals surface area contributed by atoms with Crippen LogP contribution in [0.3, 0.4) is 0 Å². The summed E-state index contributed by atoms with van der Waals surface area (Å²) in [6.07, 6.45) is 2.66. The molecule has 0 aromatic rings. The monoisotopic (exact) mass is 1380 g/mol. The second-order valence-corrected chi connectivity index (χ2v) is 30.5. The fraction of sp³-hybridized carbons (Fsp3) is 0.814. The standard InChI is InChI=1S/C70H128N12O13S/c1-29-32-33-46(16)57(83)56-61(87)73-49(30-2)63(89)81(27)69(96-35-34-82(31-3)45(14)15)68(94)78(24)53(39-70(19,20)95-28)60(86)74-54(43(10)11)66(92)75(21)50(36-40(4)5)59(85)71-47(17)58(84)72-48(18)62(88)76(22)51(37-41(6)7)64(90)77(23)52(38-42(8)9)65(91)79(25)55(44(12)13)67(93)80(56)26/h29,32,40-57,69,83H,30-31,33-39H2,1-28H3,(H,71,85)(H,72,84)(H,73,87)(H,74,86)/t46-,47+,48-,49+,50+,51+,52+,53+,54+,55+,56+,57-,69-/m1/s1. The Morgan fingerprint density at radius 3 is 1.45 bits per heavy atom. The molecule has 0 aliphatic carbocycles. The molecular formula is C70H128N12O13S. The largest absolute Gasteiger partial charge is 0.390 e. The number of nitrogens with one attached hydrogen (secondary N) is 4. The predicted octanol–water partition coefficient (Wildman–Crippen LogP) is 4.83. The Bertz CT molecular complexity index is 2620. The van der Waals surface area contributed by atoms with E-state index in [2.05, 4.69) is 26.2 Å². The fourth-order valence-corrected chi connectivity index (χ4v) is 13.2. The van der Waals surface area contributed by atoms with Gasteiger partial charge in [-0.25, -0.2) is 0 Å². The van der Waals surface area contributed by atoms with Crippen molar-refractivity contribution in [2.75, 3.05) is 75.3 Å². The first kappa shape index (κ1) is 88.2. The highest BCUT2D eigenvalue weighted by atomic mass is 32.2. The fourth-order valence-electron chi connectivity index (χ4n) is 12.0. The highest BCUT2D eigenvalue weighted by Crippen LogP contribution is 2.28. The predicted molar refractivity (Wildman–Crippen MR) is 378 cm³/mol. The topological polar surface area (TPSA) is 291 Å². The van der Waals surface area contributed by atoms with Gasteiger partial charge in [-0.2, -0.15) is 0 Å². The van der Waals surface area contributed by atoms with Gasteiger partial charge in [0.05, 0.1) is 11.7 Å². The van der Waals surface area contributed by atoms with Gasteiger partial charge in [-0.15, -0.1) is 11.8 Å². The maximum atomic E-state index is 15.6. The number of rotatable bonds is 22. The molecule has 552 valence electrons. The number of thioether (sulfide) groups is 1. The lowest BCUT2D eigenvalue weighted by Crippen LogP contribution is -2.64. The van der Waals surface area contributed by atoms with Gasteiger partial charge in [-0.3, -0.25) is 52.7 Å². The number of hydrogen-bond acceptors (Lipinski definition) is 15. The zero-order chi connectivity index (χ0) is 74.5. The molecule has 25 nitrogen and oxygen atoms in total. The molecular weight excluding hydrogens is 1250 g/mol. The van der Waals surface area contributed by atoms with E-state index in [1.54, 1.807) is 61.5 Å². The maximum absolute atomic E-state index is 15.6. The minimum absolute atomic E-state index is 0.0158. The molecule has 1 heterocycles. The molecule has 0 aromatic carbocycles. The number of likely N-dealkylation sites (N-methyl/N-ethyl adjacent to an activating group) is 7. The number of amides is 11. The van der Waals surface area contributed by atoms with Gasteiger partial charge in [-0.05, 0) is 123 Å². The summed E-state index contributed by atoms with van der Waals surface area (Å²) in [4.78, 5) is 176. The minimum atomic E-state index is -1.65. The summed E-state index contributed by atoms with van der Waals surface area (Å²) in [6.45, 7) is 37.0. The van der Waals surface area contributed by atoms with E-state index in [0.29, 0.717) is 25.3 Å². The van der Waals surface area contributed by atoms with Crippen LogP contribution in [0.5, 0.6) is 0 Å². The summed E-state index contributed by atoms with van der Waals surface area (Å²) < 4.78 is 5.85. The number of nitrogens with zero attached hydrogens (tertiary/aromatic N) is 8. The Morgan fingerprint density at radius 1 is 0.531 bits per heavy atom. The number of carbonyl (C=O) groups is 11. The summed E-state index contributed by atoms with van der Waals surface area (Å²) >= 11 is 1.16. The van der Waals surface area contributed by atoms with Crippen LogP contribution in [0.25, 0.3) is 0 Å². The van der Waals surface area contributed by atoms with Gasteiger partial charge in [0, 0.05) is 81.2 Å². The summed E-state index contributed by atoms with van der Waals surface area (Å²) in [7, 11) is 11.5. The zero-order valence-electron chi connectivity index (χ0n) is 63.8. The summed E-state index contributed by atoms with van der Waals surface area (Å²) in [5.74, 6) is -9.64. The third-order valence-electron chi connectivity index (χ3n) is 18.5. The van der Waals surface area contributed by atoms with Gasteiger partial charge in [0.25, 0.3) is 5.91 Å². The molecule has 11 amide bonds. The van der Waals surface area contributed by atoms with Crippen LogP contribution in [0.2, 0.25) is 0 Å². The van der Waals surface area contributed by atoms with Crippen molar-refractivity contribution in [1.82, 2.24) is 60.5 Å².